The predicted octanol–water partition coefficient (Wildman–Crippen LogP) is 1.66. The number of rotatable bonds is 3. The lowest BCUT2D eigenvalue weighted by Crippen LogP contribution is -2.48. The van der Waals surface area contributed by atoms with Crippen molar-refractivity contribution in [3.63, 3.8) is 0 Å². The fraction of sp³-hybridized carbons (Fsp3) is 0.611. The van der Waals surface area contributed by atoms with Gasteiger partial charge in [0.15, 0.2) is 0 Å². The minimum absolute atomic E-state index is 0.0591. The van der Waals surface area contributed by atoms with E-state index >= 15 is 0 Å². The molecule has 25 heavy (non-hydrogen) atoms. The number of sulfonamides is 1. The van der Waals surface area contributed by atoms with Gasteiger partial charge in [-0.15, -0.1) is 0 Å². The van der Waals surface area contributed by atoms with Crippen LogP contribution in [-0.4, -0.2) is 63.3 Å². The van der Waals surface area contributed by atoms with Gasteiger partial charge in [0, 0.05) is 50.7 Å². The van der Waals surface area contributed by atoms with Crippen LogP contribution in [0, 0.1) is 0 Å². The summed E-state index contributed by atoms with van der Waals surface area (Å²) < 4.78 is 27.7. The molecule has 0 aliphatic carbocycles. The molecule has 0 atom stereocenters. The molecule has 0 unspecified atom stereocenters. The monoisotopic (exact) mass is 365 g/mol. The summed E-state index contributed by atoms with van der Waals surface area (Å²) in [5.74, 6) is 0.0591. The summed E-state index contributed by atoms with van der Waals surface area (Å²) in [4.78, 5) is 16.4. The Labute approximate surface area is 150 Å². The van der Waals surface area contributed by atoms with Crippen LogP contribution in [0.2, 0.25) is 0 Å². The molecule has 1 aromatic rings. The highest BCUT2D eigenvalue weighted by Crippen LogP contribution is 2.41. The number of amides is 1. The number of carbonyl (C=O) groups is 1. The van der Waals surface area contributed by atoms with Crippen LogP contribution < -0.4 is 4.90 Å². The fourth-order valence-electron chi connectivity index (χ4n) is 3.67. The lowest BCUT2D eigenvalue weighted by Gasteiger charge is -2.37. The van der Waals surface area contributed by atoms with Crippen molar-refractivity contribution in [2.24, 2.45) is 0 Å². The van der Waals surface area contributed by atoms with Gasteiger partial charge < -0.3 is 9.80 Å². The predicted molar refractivity (Wildman–Crippen MR) is 98.4 cm³/mol. The second kappa shape index (κ2) is 6.37. The third-order valence-corrected chi connectivity index (χ3v) is 7.34. The van der Waals surface area contributed by atoms with Gasteiger partial charge in [0.2, 0.25) is 15.9 Å². The lowest BCUT2D eigenvalue weighted by atomic mass is 9.77. The molecule has 1 saturated heterocycles. The third kappa shape index (κ3) is 3.20. The second-order valence-corrected chi connectivity index (χ2v) is 9.47. The van der Waals surface area contributed by atoms with E-state index < -0.39 is 10.0 Å². The highest BCUT2D eigenvalue weighted by Gasteiger charge is 2.37. The number of hydrogen-bond donors (Lipinski definition) is 0. The van der Waals surface area contributed by atoms with Crippen molar-refractivity contribution in [3.05, 3.63) is 23.8 Å². The van der Waals surface area contributed by atoms with Gasteiger partial charge in [-0.1, -0.05) is 20.8 Å². The minimum atomic E-state index is -3.51. The number of piperazine rings is 1. The number of carbonyl (C=O) groups excluding carboxylic acids is 1. The van der Waals surface area contributed by atoms with Gasteiger partial charge in [-0.25, -0.2) is 8.42 Å². The van der Waals surface area contributed by atoms with E-state index in [9.17, 15) is 13.2 Å². The van der Waals surface area contributed by atoms with Gasteiger partial charge in [0.05, 0.1) is 4.90 Å². The molecule has 0 spiro atoms. The number of benzene rings is 1. The summed E-state index contributed by atoms with van der Waals surface area (Å²) in [7, 11) is -1.76. The molecule has 2 aliphatic heterocycles. The van der Waals surface area contributed by atoms with Crippen LogP contribution in [0.5, 0.6) is 0 Å². The molecule has 0 saturated carbocycles. The molecule has 138 valence electrons. The SMILES string of the molecule is CCN1CCN(S(=O)(=O)c2ccc3c(c2)C(C)(C)CC(=O)N3C)CC1. The highest BCUT2D eigenvalue weighted by atomic mass is 32.2. The van der Waals surface area contributed by atoms with Crippen LogP contribution in [0.4, 0.5) is 5.69 Å². The van der Waals surface area contributed by atoms with Crippen LogP contribution in [0.1, 0.15) is 32.8 Å². The molecule has 0 aromatic heterocycles. The van der Waals surface area contributed by atoms with Gasteiger partial charge >= 0.3 is 0 Å². The van der Waals surface area contributed by atoms with Gasteiger partial charge in [0.1, 0.15) is 0 Å². The van der Waals surface area contributed by atoms with E-state index in [-0.39, 0.29) is 11.3 Å². The number of anilines is 1. The largest absolute Gasteiger partial charge is 0.315 e. The van der Waals surface area contributed by atoms with E-state index in [1.165, 1.54) is 0 Å². The highest BCUT2D eigenvalue weighted by molar-refractivity contribution is 7.89. The number of hydrogen-bond acceptors (Lipinski definition) is 4. The zero-order chi connectivity index (χ0) is 18.4. The molecule has 6 nitrogen and oxygen atoms in total. The van der Waals surface area contributed by atoms with Crippen molar-refractivity contribution in [2.75, 3.05) is 44.7 Å². The van der Waals surface area contributed by atoms with Gasteiger partial charge in [-0.3, -0.25) is 4.79 Å². The second-order valence-electron chi connectivity index (χ2n) is 7.53. The van der Waals surface area contributed by atoms with Gasteiger partial charge in [-0.2, -0.15) is 4.31 Å². The first-order chi connectivity index (χ1) is 11.7. The van der Waals surface area contributed by atoms with Crippen LogP contribution in [0.25, 0.3) is 0 Å². The van der Waals surface area contributed by atoms with Crippen molar-refractivity contribution in [2.45, 2.75) is 37.5 Å². The van der Waals surface area contributed by atoms with Crippen LogP contribution in [0.15, 0.2) is 23.1 Å². The Kier molecular flexibility index (Phi) is 4.68. The molecule has 2 heterocycles. The Bertz CT molecular complexity index is 781. The topological polar surface area (TPSA) is 60.9 Å². The molecule has 0 N–H and O–H groups in total. The van der Waals surface area contributed by atoms with Crippen molar-refractivity contribution >= 4 is 21.6 Å². The van der Waals surface area contributed by atoms with Crippen LogP contribution in [0.3, 0.4) is 0 Å². The van der Waals surface area contributed by atoms with E-state index in [0.717, 1.165) is 30.9 Å². The molecule has 2 aliphatic rings. The first-order valence-corrected chi connectivity index (χ1v) is 10.2. The zero-order valence-electron chi connectivity index (χ0n) is 15.4. The van der Waals surface area contributed by atoms with E-state index in [4.69, 9.17) is 0 Å². The summed E-state index contributed by atoms with van der Waals surface area (Å²) in [6.07, 6.45) is 0.384. The fourth-order valence-corrected chi connectivity index (χ4v) is 5.12. The molecule has 0 radical (unpaired) electrons. The smallest absolute Gasteiger partial charge is 0.243 e. The van der Waals surface area contributed by atoms with E-state index in [0.29, 0.717) is 24.4 Å². The first kappa shape index (κ1) is 18.4. The average Bonchev–Trinajstić information content (AvgIpc) is 2.59. The zero-order valence-corrected chi connectivity index (χ0v) is 16.3. The molecule has 1 amide bonds. The lowest BCUT2D eigenvalue weighted by molar-refractivity contribution is -0.119. The van der Waals surface area contributed by atoms with E-state index in [1.807, 2.05) is 13.8 Å². The Morgan fingerprint density at radius 2 is 1.76 bits per heavy atom. The van der Waals surface area contributed by atoms with Crippen molar-refractivity contribution < 1.29 is 13.2 Å². The van der Waals surface area contributed by atoms with Crippen LogP contribution >= 0.6 is 0 Å². The normalized spacial score (nSPS) is 22.1. The van der Waals surface area contributed by atoms with Crippen molar-refractivity contribution in [1.82, 2.24) is 9.21 Å². The summed E-state index contributed by atoms with van der Waals surface area (Å²) in [6, 6.07) is 5.16. The summed E-state index contributed by atoms with van der Waals surface area (Å²) in [5.41, 5.74) is 1.35. The molecule has 0 bridgehead atoms. The third-order valence-electron chi connectivity index (χ3n) is 5.44. The van der Waals surface area contributed by atoms with Gasteiger partial charge in [0.25, 0.3) is 0 Å². The summed E-state index contributed by atoms with van der Waals surface area (Å²) >= 11 is 0. The molecule has 7 heteroatoms. The average molecular weight is 365 g/mol. The molecule has 1 aromatic carbocycles. The summed E-state index contributed by atoms with van der Waals surface area (Å²) in [5, 5.41) is 0. The standard InChI is InChI=1S/C18H27N3O3S/c1-5-20-8-10-21(11-9-20)25(23,24)14-6-7-16-15(12-14)18(2,3)13-17(22)19(16)4/h6-7,12H,5,8-11,13H2,1-4H3. The Balaban J connectivity index is 1.95. The minimum Gasteiger partial charge on any atom is -0.315 e. The van der Waals surface area contributed by atoms with E-state index in [2.05, 4.69) is 11.8 Å². The maximum Gasteiger partial charge on any atom is 0.243 e. The quantitative estimate of drug-likeness (QED) is 0.817. The first-order valence-electron chi connectivity index (χ1n) is 8.80. The molecular formula is C18H27N3O3S. The maximum atomic E-state index is 13.1. The van der Waals surface area contributed by atoms with E-state index in [1.54, 1.807) is 34.5 Å². The van der Waals surface area contributed by atoms with Crippen molar-refractivity contribution in [1.29, 1.82) is 0 Å². The van der Waals surface area contributed by atoms with Crippen LogP contribution in [-0.2, 0) is 20.2 Å². The van der Waals surface area contributed by atoms with Gasteiger partial charge in [-0.05, 0) is 30.3 Å². The Morgan fingerprint density at radius 3 is 2.36 bits per heavy atom. The Hall–Kier alpha value is -1.44. The molecule has 1 fully saturated rings. The summed E-state index contributed by atoms with van der Waals surface area (Å²) in [6.45, 7) is 9.60. The number of likely N-dealkylation sites (N-methyl/N-ethyl adjacent to an activating group) is 1. The molecule has 3 rings (SSSR count). The Morgan fingerprint density at radius 1 is 1.12 bits per heavy atom. The molecular weight excluding hydrogens is 338 g/mol. The number of fused-ring (bicyclic) bond motifs is 1. The maximum absolute atomic E-state index is 13.1. The van der Waals surface area contributed by atoms with Crippen molar-refractivity contribution in [3.8, 4) is 0 Å². The number of nitrogens with zero attached hydrogens (tertiary/aromatic N) is 3.